The number of hydrogen-bond donors (Lipinski definition) is 2. The van der Waals surface area contributed by atoms with Crippen LogP contribution in [0.3, 0.4) is 0 Å². The van der Waals surface area contributed by atoms with E-state index < -0.39 is 18.1 Å². The Morgan fingerprint density at radius 2 is 1.87 bits per heavy atom. The maximum Gasteiger partial charge on any atom is 0.332 e. The van der Waals surface area contributed by atoms with Crippen LogP contribution in [0.1, 0.15) is 33.2 Å². The molecule has 192 valence electrons. The van der Waals surface area contributed by atoms with Crippen LogP contribution in [-0.4, -0.2) is 54.0 Å². The van der Waals surface area contributed by atoms with Crippen molar-refractivity contribution >= 4 is 46.0 Å². The molecule has 1 fully saturated rings. The van der Waals surface area contributed by atoms with Crippen molar-refractivity contribution < 1.29 is 19.1 Å². The van der Waals surface area contributed by atoms with Crippen molar-refractivity contribution in [3.63, 3.8) is 0 Å². The molecule has 9 heteroatoms. The minimum absolute atomic E-state index is 0.244. The molecule has 4 amide bonds. The number of halogens is 1. The summed E-state index contributed by atoms with van der Waals surface area (Å²) in [5, 5.41) is 4.34. The molecule has 0 saturated carbocycles. The van der Waals surface area contributed by atoms with Crippen molar-refractivity contribution in [2.45, 2.75) is 18.5 Å². The predicted molar refractivity (Wildman–Crippen MR) is 144 cm³/mol. The number of rotatable bonds is 6. The smallest absolute Gasteiger partial charge is 0.332 e. The number of benzene rings is 3. The number of nitrogens with zero attached hydrogens (tertiary/aromatic N) is 2. The highest BCUT2D eigenvalue weighted by atomic mass is 35.5. The molecule has 3 aromatic carbocycles. The van der Waals surface area contributed by atoms with E-state index in [0.29, 0.717) is 24.6 Å². The van der Waals surface area contributed by atoms with Gasteiger partial charge in [-0.05, 0) is 41.5 Å². The number of urea groups is 1. The maximum atomic E-state index is 14.1. The van der Waals surface area contributed by atoms with Crippen molar-refractivity contribution in [2.75, 3.05) is 25.2 Å². The van der Waals surface area contributed by atoms with Gasteiger partial charge in [0.2, 0.25) is 0 Å². The van der Waals surface area contributed by atoms with Crippen molar-refractivity contribution in [3.05, 3.63) is 100 Å². The van der Waals surface area contributed by atoms with Crippen LogP contribution in [0.5, 0.6) is 0 Å². The number of imide groups is 1. The van der Waals surface area contributed by atoms with E-state index in [4.69, 9.17) is 16.3 Å². The second-order valence-electron chi connectivity index (χ2n) is 9.37. The van der Waals surface area contributed by atoms with Crippen molar-refractivity contribution in [2.24, 2.45) is 0 Å². The standard InChI is InChI=1S/C29H25ClN4O4/c1-38-14-13-31-27(35)20-10-3-5-12-23(20)34-28(36)24-16-21-19-9-2-4-11-22(19)32-25(21)26(33(24)29(34)37)17-7-6-8-18(30)15-17/h2-12,15,24,26,32H,13-14,16H2,1H3,(H,31,35)/t24-,26?/m0/s1. The van der Waals surface area contributed by atoms with Crippen LogP contribution >= 0.6 is 11.6 Å². The molecule has 0 radical (unpaired) electrons. The molecule has 3 heterocycles. The van der Waals surface area contributed by atoms with E-state index in [1.165, 1.54) is 0 Å². The summed E-state index contributed by atoms with van der Waals surface area (Å²) in [6, 6.07) is 20.2. The number of aromatic nitrogens is 1. The Morgan fingerprint density at radius 3 is 2.68 bits per heavy atom. The molecule has 2 aliphatic heterocycles. The number of aromatic amines is 1. The highest BCUT2D eigenvalue weighted by Gasteiger charge is 2.53. The number of carbonyl (C=O) groups is 3. The van der Waals surface area contributed by atoms with Gasteiger partial charge in [0.15, 0.2) is 0 Å². The second-order valence-corrected chi connectivity index (χ2v) is 9.81. The number of H-pyrrole nitrogens is 1. The van der Waals surface area contributed by atoms with Gasteiger partial charge in [-0.3, -0.25) is 14.5 Å². The lowest BCUT2D eigenvalue weighted by Gasteiger charge is -2.36. The average Bonchev–Trinajstić information content (AvgIpc) is 3.42. The number of nitrogens with one attached hydrogen (secondary N) is 2. The summed E-state index contributed by atoms with van der Waals surface area (Å²) in [7, 11) is 1.55. The minimum atomic E-state index is -0.734. The second kappa shape index (κ2) is 9.63. The Labute approximate surface area is 224 Å². The van der Waals surface area contributed by atoms with E-state index in [-0.39, 0.29) is 23.1 Å². The number of fused-ring (bicyclic) bond motifs is 4. The largest absolute Gasteiger partial charge is 0.383 e. The Kier molecular flexibility index (Phi) is 6.13. The highest BCUT2D eigenvalue weighted by Crippen LogP contribution is 2.45. The average molecular weight is 529 g/mol. The van der Waals surface area contributed by atoms with Gasteiger partial charge >= 0.3 is 6.03 Å². The molecule has 0 bridgehead atoms. The van der Waals surface area contributed by atoms with Gasteiger partial charge in [-0.1, -0.05) is 54.1 Å². The molecule has 0 spiro atoms. The van der Waals surface area contributed by atoms with Crippen molar-refractivity contribution in [1.29, 1.82) is 0 Å². The zero-order chi connectivity index (χ0) is 26.4. The summed E-state index contributed by atoms with van der Waals surface area (Å²) >= 11 is 6.37. The lowest BCUT2D eigenvalue weighted by Crippen LogP contribution is -2.44. The Balaban J connectivity index is 1.46. The normalized spacial score (nSPS) is 18.6. The fourth-order valence-corrected chi connectivity index (χ4v) is 5.74. The fraction of sp³-hybridized carbons (Fsp3) is 0.207. The monoisotopic (exact) mass is 528 g/mol. The molecular formula is C29H25ClN4O4. The predicted octanol–water partition coefficient (Wildman–Crippen LogP) is 4.68. The molecule has 1 aromatic heterocycles. The Morgan fingerprint density at radius 1 is 1.08 bits per heavy atom. The first kappa shape index (κ1) is 24.2. The quantitative estimate of drug-likeness (QED) is 0.280. The number of para-hydroxylation sites is 2. The molecule has 1 unspecified atom stereocenters. The van der Waals surface area contributed by atoms with Gasteiger partial charge in [0.25, 0.3) is 11.8 Å². The third kappa shape index (κ3) is 3.84. The molecule has 38 heavy (non-hydrogen) atoms. The number of anilines is 1. The maximum absolute atomic E-state index is 14.1. The molecule has 6 rings (SSSR count). The number of carbonyl (C=O) groups excluding carboxylic acids is 3. The lowest BCUT2D eigenvalue weighted by molar-refractivity contribution is -0.120. The zero-order valence-corrected chi connectivity index (χ0v) is 21.4. The van der Waals surface area contributed by atoms with Gasteiger partial charge < -0.3 is 15.0 Å². The molecule has 8 nitrogen and oxygen atoms in total. The van der Waals surface area contributed by atoms with E-state index in [9.17, 15) is 14.4 Å². The van der Waals surface area contributed by atoms with Crippen LogP contribution in [-0.2, 0) is 16.0 Å². The first-order valence-electron chi connectivity index (χ1n) is 12.4. The Hall–Kier alpha value is -4.14. The van der Waals surface area contributed by atoms with E-state index in [1.807, 2.05) is 42.5 Å². The summed E-state index contributed by atoms with van der Waals surface area (Å²) in [6.45, 7) is 0.650. The topological polar surface area (TPSA) is 94.7 Å². The first-order valence-corrected chi connectivity index (χ1v) is 12.7. The molecule has 2 aliphatic rings. The molecular weight excluding hydrogens is 504 g/mol. The summed E-state index contributed by atoms with van der Waals surface area (Å²) in [4.78, 5) is 47.3. The number of amides is 4. The SMILES string of the molecule is COCCNC(=O)c1ccccc1N1C(=O)[C@@H]2Cc3c([nH]c4ccccc34)C(c3cccc(Cl)c3)N2C1=O. The van der Waals surface area contributed by atoms with Gasteiger partial charge in [-0.2, -0.15) is 0 Å². The third-order valence-electron chi connectivity index (χ3n) is 7.19. The fourth-order valence-electron chi connectivity index (χ4n) is 5.54. The molecule has 2 N–H and O–H groups in total. The van der Waals surface area contributed by atoms with Crippen LogP contribution < -0.4 is 10.2 Å². The number of ether oxygens (including phenoxy) is 1. The summed E-state index contributed by atoms with van der Waals surface area (Å²) in [5.74, 6) is -0.749. The molecule has 4 aromatic rings. The molecule has 0 aliphatic carbocycles. The summed E-state index contributed by atoms with van der Waals surface area (Å²) < 4.78 is 5.02. The van der Waals surface area contributed by atoms with Crippen LogP contribution in [0.4, 0.5) is 10.5 Å². The van der Waals surface area contributed by atoms with Crippen LogP contribution in [0.2, 0.25) is 5.02 Å². The molecule has 2 atom stereocenters. The van der Waals surface area contributed by atoms with Crippen LogP contribution in [0.15, 0.2) is 72.8 Å². The summed E-state index contributed by atoms with van der Waals surface area (Å²) in [6.07, 6.45) is 0.361. The number of hydrogen-bond acceptors (Lipinski definition) is 4. The Bertz CT molecular complexity index is 1580. The van der Waals surface area contributed by atoms with Crippen LogP contribution in [0, 0.1) is 0 Å². The van der Waals surface area contributed by atoms with Gasteiger partial charge in [0.05, 0.1) is 17.9 Å². The zero-order valence-electron chi connectivity index (χ0n) is 20.6. The first-order chi connectivity index (χ1) is 18.5. The van der Waals surface area contributed by atoms with Crippen LogP contribution in [0.25, 0.3) is 10.9 Å². The third-order valence-corrected chi connectivity index (χ3v) is 7.43. The van der Waals surface area contributed by atoms with Crippen molar-refractivity contribution in [1.82, 2.24) is 15.2 Å². The molecule has 1 saturated heterocycles. The van der Waals surface area contributed by atoms with E-state index in [2.05, 4.69) is 10.3 Å². The summed E-state index contributed by atoms with van der Waals surface area (Å²) in [5.41, 5.74) is 4.10. The van der Waals surface area contributed by atoms with Gasteiger partial charge in [0, 0.05) is 41.7 Å². The lowest BCUT2D eigenvalue weighted by atomic mass is 9.89. The van der Waals surface area contributed by atoms with E-state index >= 15 is 0 Å². The van der Waals surface area contributed by atoms with Gasteiger partial charge in [-0.25, -0.2) is 9.69 Å². The minimum Gasteiger partial charge on any atom is -0.383 e. The van der Waals surface area contributed by atoms with Gasteiger partial charge in [-0.15, -0.1) is 0 Å². The van der Waals surface area contributed by atoms with Gasteiger partial charge in [0.1, 0.15) is 12.1 Å². The van der Waals surface area contributed by atoms with E-state index in [0.717, 1.165) is 32.6 Å². The highest BCUT2D eigenvalue weighted by molar-refractivity contribution is 6.30. The number of methoxy groups -OCH3 is 1. The van der Waals surface area contributed by atoms with Crippen molar-refractivity contribution in [3.8, 4) is 0 Å². The van der Waals surface area contributed by atoms with E-state index in [1.54, 1.807) is 42.3 Å².